The molecule has 0 heterocycles. The Bertz CT molecular complexity index is 478. The topological polar surface area (TPSA) is 75.6 Å². The van der Waals surface area contributed by atoms with Crippen molar-refractivity contribution in [2.24, 2.45) is 0 Å². The van der Waals surface area contributed by atoms with Gasteiger partial charge in [-0.15, -0.1) is 0 Å². The molecule has 20 heavy (non-hydrogen) atoms. The number of carbonyl (C=O) groups excluding carboxylic acids is 1. The number of para-hydroxylation sites is 1. The fraction of sp³-hybridized carbons (Fsp3) is 0.429. The number of hydrogen-bond donors (Lipinski definition) is 2. The van der Waals surface area contributed by atoms with Crippen LogP contribution in [0.3, 0.4) is 0 Å². The second-order valence-electron chi connectivity index (χ2n) is 4.53. The third kappa shape index (κ3) is 5.48. The minimum absolute atomic E-state index is 0.0151. The van der Waals surface area contributed by atoms with Crippen LogP contribution in [-0.2, 0) is 9.59 Å². The molecule has 110 valence electrons. The van der Waals surface area contributed by atoms with Gasteiger partial charge in [0, 0.05) is 12.5 Å². The fourth-order valence-corrected chi connectivity index (χ4v) is 1.74. The molecule has 2 N–H and O–H groups in total. The van der Waals surface area contributed by atoms with Gasteiger partial charge in [-0.3, -0.25) is 9.59 Å². The van der Waals surface area contributed by atoms with Crippen LogP contribution in [0.2, 0.25) is 5.02 Å². The van der Waals surface area contributed by atoms with Crippen LogP contribution >= 0.6 is 11.6 Å². The van der Waals surface area contributed by atoms with Crippen LogP contribution in [0.1, 0.15) is 26.7 Å². The summed E-state index contributed by atoms with van der Waals surface area (Å²) in [5.74, 6) is -0.746. The smallest absolute Gasteiger partial charge is 0.303 e. The quantitative estimate of drug-likeness (QED) is 0.811. The van der Waals surface area contributed by atoms with Crippen molar-refractivity contribution in [1.29, 1.82) is 0 Å². The molecule has 0 aliphatic carbocycles. The van der Waals surface area contributed by atoms with E-state index in [2.05, 4.69) is 5.32 Å². The maximum atomic E-state index is 11.9. The van der Waals surface area contributed by atoms with Crippen LogP contribution in [0.5, 0.6) is 5.75 Å². The SMILES string of the molecule is CC(CCC(=O)O)NC(=O)C(C)Oc1ccccc1Cl. The Morgan fingerprint density at radius 3 is 2.60 bits per heavy atom. The summed E-state index contributed by atoms with van der Waals surface area (Å²) in [4.78, 5) is 22.3. The highest BCUT2D eigenvalue weighted by Crippen LogP contribution is 2.24. The van der Waals surface area contributed by atoms with Gasteiger partial charge in [0.1, 0.15) is 5.75 Å². The molecule has 0 saturated heterocycles. The summed E-state index contributed by atoms with van der Waals surface area (Å²) in [5, 5.41) is 11.7. The number of carboxylic acids is 1. The van der Waals surface area contributed by atoms with Crippen molar-refractivity contribution in [3.63, 3.8) is 0 Å². The molecule has 2 atom stereocenters. The Balaban J connectivity index is 2.47. The van der Waals surface area contributed by atoms with E-state index in [0.29, 0.717) is 17.2 Å². The lowest BCUT2D eigenvalue weighted by Crippen LogP contribution is -2.41. The molecular weight excluding hydrogens is 282 g/mol. The van der Waals surface area contributed by atoms with Gasteiger partial charge in [-0.05, 0) is 32.4 Å². The minimum atomic E-state index is -0.883. The van der Waals surface area contributed by atoms with E-state index in [9.17, 15) is 9.59 Å². The molecule has 1 rings (SSSR count). The molecule has 1 aromatic carbocycles. The second-order valence-corrected chi connectivity index (χ2v) is 4.94. The molecular formula is C14H18ClNO4. The Morgan fingerprint density at radius 2 is 2.00 bits per heavy atom. The average Bonchev–Trinajstić information content (AvgIpc) is 2.39. The number of hydrogen-bond acceptors (Lipinski definition) is 3. The molecule has 0 saturated carbocycles. The van der Waals surface area contributed by atoms with E-state index >= 15 is 0 Å². The first-order valence-corrected chi connectivity index (χ1v) is 6.71. The van der Waals surface area contributed by atoms with Crippen molar-refractivity contribution in [1.82, 2.24) is 5.32 Å². The molecule has 5 nitrogen and oxygen atoms in total. The monoisotopic (exact) mass is 299 g/mol. The number of carbonyl (C=O) groups is 2. The van der Waals surface area contributed by atoms with Crippen molar-refractivity contribution >= 4 is 23.5 Å². The van der Waals surface area contributed by atoms with Crippen LogP contribution in [-0.4, -0.2) is 29.1 Å². The van der Waals surface area contributed by atoms with Crippen LogP contribution in [0.15, 0.2) is 24.3 Å². The zero-order valence-electron chi connectivity index (χ0n) is 11.4. The fourth-order valence-electron chi connectivity index (χ4n) is 1.56. The van der Waals surface area contributed by atoms with Gasteiger partial charge in [-0.2, -0.15) is 0 Å². The summed E-state index contributed by atoms with van der Waals surface area (Å²) in [7, 11) is 0. The van der Waals surface area contributed by atoms with Crippen molar-refractivity contribution in [3.05, 3.63) is 29.3 Å². The highest BCUT2D eigenvalue weighted by Gasteiger charge is 2.18. The standard InChI is InChI=1S/C14H18ClNO4/c1-9(7-8-13(17)18)16-14(19)10(2)20-12-6-4-3-5-11(12)15/h3-6,9-10H,7-8H2,1-2H3,(H,16,19)(H,17,18). The van der Waals surface area contributed by atoms with E-state index in [1.54, 1.807) is 38.1 Å². The van der Waals surface area contributed by atoms with Gasteiger partial charge in [-0.1, -0.05) is 23.7 Å². The number of halogens is 1. The summed E-state index contributed by atoms with van der Waals surface area (Å²) < 4.78 is 5.47. The van der Waals surface area contributed by atoms with E-state index in [1.165, 1.54) is 0 Å². The van der Waals surface area contributed by atoms with E-state index in [0.717, 1.165) is 0 Å². The van der Waals surface area contributed by atoms with Gasteiger partial charge in [0.05, 0.1) is 5.02 Å². The van der Waals surface area contributed by atoms with Gasteiger partial charge in [0.25, 0.3) is 5.91 Å². The van der Waals surface area contributed by atoms with Crippen LogP contribution in [0, 0.1) is 0 Å². The van der Waals surface area contributed by atoms with E-state index in [1.807, 2.05) is 0 Å². The van der Waals surface area contributed by atoms with Crippen molar-refractivity contribution < 1.29 is 19.4 Å². The summed E-state index contributed by atoms with van der Waals surface area (Å²) in [6.07, 6.45) is -0.316. The van der Waals surface area contributed by atoms with Crippen LogP contribution in [0.25, 0.3) is 0 Å². The number of aliphatic carboxylic acids is 1. The van der Waals surface area contributed by atoms with E-state index in [-0.39, 0.29) is 18.4 Å². The predicted molar refractivity (Wildman–Crippen MR) is 76.0 cm³/mol. The molecule has 6 heteroatoms. The molecule has 0 aliphatic rings. The maximum Gasteiger partial charge on any atom is 0.303 e. The van der Waals surface area contributed by atoms with E-state index in [4.69, 9.17) is 21.4 Å². The van der Waals surface area contributed by atoms with Crippen LogP contribution < -0.4 is 10.1 Å². The van der Waals surface area contributed by atoms with Gasteiger partial charge in [-0.25, -0.2) is 0 Å². The molecule has 0 bridgehead atoms. The molecule has 0 aliphatic heterocycles. The zero-order chi connectivity index (χ0) is 15.1. The van der Waals surface area contributed by atoms with E-state index < -0.39 is 12.1 Å². The third-order valence-electron chi connectivity index (χ3n) is 2.69. The summed E-state index contributed by atoms with van der Waals surface area (Å²) in [6.45, 7) is 3.37. The molecule has 0 spiro atoms. The van der Waals surface area contributed by atoms with Gasteiger partial charge >= 0.3 is 5.97 Å². The molecule has 1 amide bonds. The molecule has 0 radical (unpaired) electrons. The number of amides is 1. The molecule has 0 aromatic heterocycles. The number of carboxylic acid groups (broad SMARTS) is 1. The normalized spacial score (nSPS) is 13.3. The van der Waals surface area contributed by atoms with Crippen molar-refractivity contribution in [2.75, 3.05) is 0 Å². The number of rotatable bonds is 7. The first-order valence-electron chi connectivity index (χ1n) is 6.33. The molecule has 1 aromatic rings. The molecule has 2 unspecified atom stereocenters. The lowest BCUT2D eigenvalue weighted by Gasteiger charge is -2.18. The summed E-state index contributed by atoms with van der Waals surface area (Å²) in [5.41, 5.74) is 0. The number of benzene rings is 1. The Hall–Kier alpha value is -1.75. The highest BCUT2D eigenvalue weighted by atomic mass is 35.5. The van der Waals surface area contributed by atoms with Crippen LogP contribution in [0.4, 0.5) is 0 Å². The lowest BCUT2D eigenvalue weighted by molar-refractivity contribution is -0.137. The number of nitrogens with one attached hydrogen (secondary N) is 1. The van der Waals surface area contributed by atoms with Crippen molar-refractivity contribution in [2.45, 2.75) is 38.8 Å². The minimum Gasteiger partial charge on any atom is -0.481 e. The Morgan fingerprint density at radius 1 is 1.35 bits per heavy atom. The summed E-state index contributed by atoms with van der Waals surface area (Å²) >= 11 is 5.94. The first-order chi connectivity index (χ1) is 9.40. The summed E-state index contributed by atoms with van der Waals surface area (Å²) in [6, 6.07) is 6.67. The third-order valence-corrected chi connectivity index (χ3v) is 3.00. The lowest BCUT2D eigenvalue weighted by atomic mass is 10.2. The highest BCUT2D eigenvalue weighted by molar-refractivity contribution is 6.32. The van der Waals surface area contributed by atoms with Gasteiger partial charge in [0.2, 0.25) is 0 Å². The molecule has 0 fully saturated rings. The average molecular weight is 300 g/mol. The van der Waals surface area contributed by atoms with Gasteiger partial charge in [0.15, 0.2) is 6.10 Å². The zero-order valence-corrected chi connectivity index (χ0v) is 12.2. The predicted octanol–water partition coefficient (Wildman–Crippen LogP) is 2.48. The Kier molecular flexibility index (Phi) is 6.31. The largest absolute Gasteiger partial charge is 0.481 e. The Labute approximate surface area is 122 Å². The van der Waals surface area contributed by atoms with Gasteiger partial charge < -0.3 is 15.2 Å². The number of ether oxygens (including phenoxy) is 1. The first kappa shape index (κ1) is 16.3. The second kappa shape index (κ2) is 7.75. The maximum absolute atomic E-state index is 11.9. The van der Waals surface area contributed by atoms with Crippen molar-refractivity contribution in [3.8, 4) is 5.75 Å².